The zero-order valence-electron chi connectivity index (χ0n) is 7.71. The van der Waals surface area contributed by atoms with Crippen molar-refractivity contribution in [1.29, 1.82) is 0 Å². The highest BCUT2D eigenvalue weighted by molar-refractivity contribution is 14.1. The molecule has 0 N–H and O–H groups in total. The highest BCUT2D eigenvalue weighted by Gasteiger charge is 2.10. The van der Waals surface area contributed by atoms with Crippen LogP contribution >= 0.6 is 45.5 Å². The van der Waals surface area contributed by atoms with Gasteiger partial charge in [0.15, 0.2) is 0 Å². The lowest BCUT2D eigenvalue weighted by atomic mass is 10.2. The first-order chi connectivity index (χ1) is 7.11. The molecule has 2 nitrogen and oxygen atoms in total. The molecular weight excluding hydrogens is 347 g/mol. The van der Waals surface area contributed by atoms with E-state index in [4.69, 9.17) is 16.3 Å². The fourth-order valence-corrected chi connectivity index (χ4v) is 3.08. The zero-order valence-corrected chi connectivity index (χ0v) is 11.4. The van der Waals surface area contributed by atoms with Crippen LogP contribution in [-0.2, 0) is 0 Å². The van der Waals surface area contributed by atoms with Gasteiger partial charge in [-0.15, -0.1) is 11.3 Å². The maximum absolute atomic E-state index is 11.0. The lowest BCUT2D eigenvalue weighted by Crippen LogP contribution is -1.85. The Hall–Kier alpha value is -0.330. The van der Waals surface area contributed by atoms with Gasteiger partial charge in [-0.1, -0.05) is 0 Å². The molecule has 0 saturated heterocycles. The van der Waals surface area contributed by atoms with Gasteiger partial charge in [-0.05, 0) is 57.8 Å². The molecule has 2 aromatic rings. The smallest absolute Gasteiger partial charge is 0.262 e. The Balaban J connectivity index is 2.66. The summed E-state index contributed by atoms with van der Waals surface area (Å²) in [6, 6.07) is 5.70. The molecule has 5 heteroatoms. The van der Waals surface area contributed by atoms with Crippen molar-refractivity contribution in [3.8, 4) is 5.75 Å². The molecular formula is C10H6ClIO2S. The van der Waals surface area contributed by atoms with Crippen molar-refractivity contribution in [2.45, 2.75) is 0 Å². The highest BCUT2D eigenvalue weighted by atomic mass is 127. The van der Waals surface area contributed by atoms with Crippen molar-refractivity contribution < 1.29 is 9.53 Å². The minimum absolute atomic E-state index is 0.412. The summed E-state index contributed by atoms with van der Waals surface area (Å²) in [5.41, 5.74) is 0. The first kappa shape index (κ1) is 11.2. The molecule has 0 atom stereocenters. The number of rotatable bonds is 2. The van der Waals surface area contributed by atoms with Crippen LogP contribution in [-0.4, -0.2) is 12.4 Å². The molecule has 1 heterocycles. The molecule has 0 fully saturated rings. The van der Waals surface area contributed by atoms with Crippen LogP contribution < -0.4 is 4.74 Å². The van der Waals surface area contributed by atoms with E-state index in [1.165, 1.54) is 11.3 Å². The van der Waals surface area contributed by atoms with E-state index < -0.39 is 5.24 Å². The van der Waals surface area contributed by atoms with Gasteiger partial charge in [0.1, 0.15) is 5.75 Å². The standard InChI is InChI=1S/C10H6ClIO2S/c1-14-7-4-8-5(2-6(7)12)3-9(15-8)10(11)13/h2-4H,1H3. The van der Waals surface area contributed by atoms with E-state index in [0.29, 0.717) is 4.88 Å². The minimum Gasteiger partial charge on any atom is -0.496 e. The Morgan fingerprint density at radius 3 is 2.80 bits per heavy atom. The van der Waals surface area contributed by atoms with Gasteiger partial charge in [-0.25, -0.2) is 0 Å². The Bertz CT molecular complexity index is 535. The Labute approximate surface area is 109 Å². The first-order valence-corrected chi connectivity index (χ1v) is 6.36. The molecule has 1 aromatic carbocycles. The number of benzene rings is 1. The molecule has 1 aromatic heterocycles. The van der Waals surface area contributed by atoms with E-state index in [-0.39, 0.29) is 0 Å². The molecule has 78 valence electrons. The number of thiophene rings is 1. The van der Waals surface area contributed by atoms with Crippen LogP contribution in [0.3, 0.4) is 0 Å². The van der Waals surface area contributed by atoms with Gasteiger partial charge in [-0.2, -0.15) is 0 Å². The second-order valence-electron chi connectivity index (χ2n) is 2.91. The summed E-state index contributed by atoms with van der Waals surface area (Å²) in [4.78, 5) is 11.6. The molecule has 0 radical (unpaired) electrons. The molecule has 0 spiro atoms. The van der Waals surface area contributed by atoms with E-state index in [0.717, 1.165) is 19.4 Å². The van der Waals surface area contributed by atoms with Crippen LogP contribution in [0.5, 0.6) is 5.75 Å². The number of hydrogen-bond donors (Lipinski definition) is 0. The second kappa shape index (κ2) is 4.27. The SMILES string of the molecule is COc1cc2sc(C(=O)Cl)cc2cc1I. The van der Waals surface area contributed by atoms with Crippen molar-refractivity contribution in [2.24, 2.45) is 0 Å². The number of carbonyl (C=O) groups excluding carboxylic acids is 1. The van der Waals surface area contributed by atoms with E-state index in [1.807, 2.05) is 12.1 Å². The summed E-state index contributed by atoms with van der Waals surface area (Å²) in [6.45, 7) is 0. The molecule has 0 aliphatic heterocycles. The Kier molecular flexibility index (Phi) is 3.18. The summed E-state index contributed by atoms with van der Waals surface area (Å²) in [5, 5.41) is 0.611. The molecule has 0 aliphatic rings. The predicted molar refractivity (Wildman–Crippen MR) is 71.3 cm³/mol. The van der Waals surface area contributed by atoms with E-state index in [2.05, 4.69) is 22.6 Å². The fourth-order valence-electron chi connectivity index (χ4n) is 1.29. The van der Waals surface area contributed by atoms with Crippen LogP contribution in [0, 0.1) is 3.57 Å². The summed E-state index contributed by atoms with van der Waals surface area (Å²) in [7, 11) is 1.63. The molecule has 2 rings (SSSR count). The van der Waals surface area contributed by atoms with Gasteiger partial charge in [0.05, 0.1) is 15.6 Å². The third-order valence-corrected chi connectivity index (χ3v) is 4.24. The van der Waals surface area contributed by atoms with Gasteiger partial charge in [0.2, 0.25) is 0 Å². The van der Waals surface area contributed by atoms with Crippen molar-refractivity contribution in [3.05, 3.63) is 26.6 Å². The number of methoxy groups -OCH3 is 1. The third kappa shape index (κ3) is 2.11. The maximum Gasteiger partial charge on any atom is 0.262 e. The van der Waals surface area contributed by atoms with Crippen molar-refractivity contribution in [2.75, 3.05) is 7.11 Å². The lowest BCUT2D eigenvalue weighted by molar-refractivity contribution is 0.108. The van der Waals surface area contributed by atoms with Crippen LogP contribution in [0.2, 0.25) is 0 Å². The monoisotopic (exact) mass is 352 g/mol. The van der Waals surface area contributed by atoms with Crippen molar-refractivity contribution >= 4 is 60.9 Å². The predicted octanol–water partition coefficient (Wildman–Crippen LogP) is 3.89. The fraction of sp³-hybridized carbons (Fsp3) is 0.100. The van der Waals surface area contributed by atoms with Gasteiger partial charge in [0.25, 0.3) is 5.24 Å². The topological polar surface area (TPSA) is 26.3 Å². The highest BCUT2D eigenvalue weighted by Crippen LogP contribution is 2.33. The normalized spacial score (nSPS) is 10.6. The van der Waals surface area contributed by atoms with Crippen LogP contribution in [0.15, 0.2) is 18.2 Å². The number of carbonyl (C=O) groups is 1. The largest absolute Gasteiger partial charge is 0.496 e. The Morgan fingerprint density at radius 2 is 2.20 bits per heavy atom. The Morgan fingerprint density at radius 1 is 1.47 bits per heavy atom. The van der Waals surface area contributed by atoms with Crippen LogP contribution in [0.25, 0.3) is 10.1 Å². The number of hydrogen-bond acceptors (Lipinski definition) is 3. The minimum atomic E-state index is -0.412. The summed E-state index contributed by atoms with van der Waals surface area (Å²) in [6.07, 6.45) is 0. The molecule has 0 saturated carbocycles. The third-order valence-electron chi connectivity index (χ3n) is 1.98. The maximum atomic E-state index is 11.0. The second-order valence-corrected chi connectivity index (χ2v) is 5.50. The van der Waals surface area contributed by atoms with Gasteiger partial charge in [-0.3, -0.25) is 4.79 Å². The first-order valence-electron chi connectivity index (χ1n) is 4.08. The summed E-state index contributed by atoms with van der Waals surface area (Å²) >= 11 is 9.00. The van der Waals surface area contributed by atoms with E-state index >= 15 is 0 Å². The molecule has 15 heavy (non-hydrogen) atoms. The number of halogens is 2. The molecule has 0 bridgehead atoms. The average Bonchev–Trinajstić information content (AvgIpc) is 2.59. The van der Waals surface area contributed by atoms with Crippen LogP contribution in [0.4, 0.5) is 0 Å². The van der Waals surface area contributed by atoms with Crippen LogP contribution in [0.1, 0.15) is 9.67 Å². The van der Waals surface area contributed by atoms with E-state index in [9.17, 15) is 4.79 Å². The molecule has 0 unspecified atom stereocenters. The zero-order chi connectivity index (χ0) is 11.0. The molecule has 0 amide bonds. The van der Waals surface area contributed by atoms with Gasteiger partial charge < -0.3 is 4.74 Å². The summed E-state index contributed by atoms with van der Waals surface area (Å²) < 4.78 is 7.24. The lowest BCUT2D eigenvalue weighted by Gasteiger charge is -2.01. The van der Waals surface area contributed by atoms with Crippen molar-refractivity contribution in [1.82, 2.24) is 0 Å². The quantitative estimate of drug-likeness (QED) is 0.605. The number of fused-ring (bicyclic) bond motifs is 1. The van der Waals surface area contributed by atoms with Gasteiger partial charge in [0, 0.05) is 4.70 Å². The van der Waals surface area contributed by atoms with Gasteiger partial charge >= 0.3 is 0 Å². The van der Waals surface area contributed by atoms with Crippen molar-refractivity contribution in [3.63, 3.8) is 0 Å². The molecule has 0 aliphatic carbocycles. The number of ether oxygens (including phenoxy) is 1. The summed E-state index contributed by atoms with van der Waals surface area (Å²) in [5.74, 6) is 0.818. The average molecular weight is 353 g/mol. The van der Waals surface area contributed by atoms with E-state index in [1.54, 1.807) is 13.2 Å².